The normalized spacial score (nSPS) is 12.5. The molecule has 0 aliphatic heterocycles. The van der Waals surface area contributed by atoms with Crippen molar-refractivity contribution in [3.05, 3.63) is 72.9 Å². The number of allylic oxidation sites excluding steroid dienone is 12. The fraction of sp³-hybridized carbons (Fsp3) is 0.789. The van der Waals surface area contributed by atoms with Gasteiger partial charge in [-0.3, -0.25) is 14.4 Å². The van der Waals surface area contributed by atoms with Gasteiger partial charge in [0.25, 0.3) is 0 Å². The molecular weight excluding hydrogens is 949 g/mol. The highest BCUT2D eigenvalue weighted by Gasteiger charge is 2.19. The van der Waals surface area contributed by atoms with E-state index in [2.05, 4.69) is 93.7 Å². The first-order valence-corrected chi connectivity index (χ1v) is 33.4. The lowest BCUT2D eigenvalue weighted by Crippen LogP contribution is -2.30. The number of hydrogen-bond acceptors (Lipinski definition) is 6. The van der Waals surface area contributed by atoms with E-state index in [1.165, 1.54) is 212 Å². The van der Waals surface area contributed by atoms with Crippen LogP contribution in [0.4, 0.5) is 0 Å². The lowest BCUT2D eigenvalue weighted by atomic mass is 10.0. The minimum Gasteiger partial charge on any atom is -0.462 e. The third kappa shape index (κ3) is 63.6. The Morgan fingerprint density at radius 2 is 0.506 bits per heavy atom. The van der Waals surface area contributed by atoms with Gasteiger partial charge in [-0.1, -0.05) is 306 Å². The van der Waals surface area contributed by atoms with Crippen LogP contribution in [0.25, 0.3) is 0 Å². The second-order valence-electron chi connectivity index (χ2n) is 22.4. The lowest BCUT2D eigenvalue weighted by molar-refractivity contribution is -0.167. The molecule has 0 aromatic carbocycles. The predicted molar refractivity (Wildman–Crippen MR) is 335 cm³/mol. The Balaban J connectivity index is 4.23. The molecule has 6 nitrogen and oxygen atoms in total. The number of hydrogen-bond donors (Lipinski definition) is 0. The first-order valence-electron chi connectivity index (χ1n) is 33.4. The van der Waals surface area contributed by atoms with Gasteiger partial charge in [-0.05, 0) is 89.9 Å². The number of ether oxygens (including phenoxy) is 3. The molecule has 6 heteroatoms. The van der Waals surface area contributed by atoms with Crippen LogP contribution in [0.3, 0.4) is 0 Å². The first-order chi connectivity index (χ1) is 38.0. The second-order valence-corrected chi connectivity index (χ2v) is 22.4. The van der Waals surface area contributed by atoms with Gasteiger partial charge in [0, 0.05) is 19.3 Å². The molecule has 0 saturated heterocycles. The lowest BCUT2D eigenvalue weighted by Gasteiger charge is -2.18. The molecule has 0 N–H and O–H groups in total. The largest absolute Gasteiger partial charge is 0.462 e. The SMILES string of the molecule is CC/C=C\C/C=C\C/C=C\C/C=C\C/C=C\CCCCCCCCCCCCCCCC(=O)OCC(COC(=O)CCCCCCCCCCCCCCC)OC(=O)CCCCCCCCC/C=C\CCCCCCCC. The predicted octanol–water partition coefficient (Wildman–Crippen LogP) is 22.9. The van der Waals surface area contributed by atoms with E-state index in [0.717, 1.165) is 89.9 Å². The van der Waals surface area contributed by atoms with E-state index in [9.17, 15) is 14.4 Å². The molecular formula is C71H126O6. The molecule has 77 heavy (non-hydrogen) atoms. The number of rotatable bonds is 61. The summed E-state index contributed by atoms with van der Waals surface area (Å²) in [7, 11) is 0. The molecule has 0 amide bonds. The van der Waals surface area contributed by atoms with Gasteiger partial charge in [0.15, 0.2) is 6.10 Å². The van der Waals surface area contributed by atoms with Gasteiger partial charge in [-0.15, -0.1) is 0 Å². The van der Waals surface area contributed by atoms with Crippen molar-refractivity contribution in [2.75, 3.05) is 13.2 Å². The van der Waals surface area contributed by atoms with Crippen LogP contribution in [0, 0.1) is 0 Å². The molecule has 0 rings (SSSR count). The molecule has 1 atom stereocenters. The van der Waals surface area contributed by atoms with E-state index >= 15 is 0 Å². The minimum absolute atomic E-state index is 0.0725. The Morgan fingerprint density at radius 1 is 0.273 bits per heavy atom. The topological polar surface area (TPSA) is 78.9 Å². The fourth-order valence-corrected chi connectivity index (χ4v) is 9.70. The van der Waals surface area contributed by atoms with Gasteiger partial charge in [-0.25, -0.2) is 0 Å². The van der Waals surface area contributed by atoms with Crippen LogP contribution in [-0.2, 0) is 28.6 Å². The molecule has 0 fully saturated rings. The quantitative estimate of drug-likeness (QED) is 0.0261. The van der Waals surface area contributed by atoms with E-state index in [4.69, 9.17) is 14.2 Å². The average Bonchev–Trinajstić information content (AvgIpc) is 3.43. The zero-order chi connectivity index (χ0) is 55.7. The maximum absolute atomic E-state index is 12.9. The fourth-order valence-electron chi connectivity index (χ4n) is 9.70. The highest BCUT2D eigenvalue weighted by Crippen LogP contribution is 2.17. The summed E-state index contributed by atoms with van der Waals surface area (Å²) in [6.45, 7) is 6.56. The molecule has 0 aromatic rings. The minimum atomic E-state index is -0.776. The van der Waals surface area contributed by atoms with Crippen LogP contribution in [0.5, 0.6) is 0 Å². The van der Waals surface area contributed by atoms with E-state index in [1.807, 2.05) is 0 Å². The van der Waals surface area contributed by atoms with Crippen molar-refractivity contribution in [2.45, 2.75) is 348 Å². The monoisotopic (exact) mass is 1070 g/mol. The summed E-state index contributed by atoms with van der Waals surface area (Å²) in [5.74, 6) is -0.859. The molecule has 0 spiro atoms. The van der Waals surface area contributed by atoms with Gasteiger partial charge < -0.3 is 14.2 Å². The van der Waals surface area contributed by atoms with Gasteiger partial charge in [-0.2, -0.15) is 0 Å². The van der Waals surface area contributed by atoms with Crippen LogP contribution < -0.4 is 0 Å². The van der Waals surface area contributed by atoms with E-state index < -0.39 is 6.10 Å². The smallest absolute Gasteiger partial charge is 0.306 e. The third-order valence-electron chi connectivity index (χ3n) is 14.7. The Bertz CT molecular complexity index is 1420. The van der Waals surface area contributed by atoms with Crippen LogP contribution >= 0.6 is 0 Å². The number of carbonyl (C=O) groups excluding carboxylic acids is 3. The van der Waals surface area contributed by atoms with Crippen molar-refractivity contribution in [1.82, 2.24) is 0 Å². The van der Waals surface area contributed by atoms with Crippen molar-refractivity contribution in [3.8, 4) is 0 Å². The van der Waals surface area contributed by atoms with Gasteiger partial charge in [0.05, 0.1) is 0 Å². The Hall–Kier alpha value is -3.15. The molecule has 446 valence electrons. The summed E-state index contributed by atoms with van der Waals surface area (Å²) in [6, 6.07) is 0. The zero-order valence-corrected chi connectivity index (χ0v) is 51.2. The summed E-state index contributed by atoms with van der Waals surface area (Å²) in [5, 5.41) is 0. The van der Waals surface area contributed by atoms with Gasteiger partial charge in [0.2, 0.25) is 0 Å². The molecule has 0 bridgehead atoms. The van der Waals surface area contributed by atoms with Gasteiger partial charge in [0.1, 0.15) is 13.2 Å². The van der Waals surface area contributed by atoms with Gasteiger partial charge >= 0.3 is 17.9 Å². The highest BCUT2D eigenvalue weighted by molar-refractivity contribution is 5.71. The molecule has 1 unspecified atom stereocenters. The molecule has 0 aliphatic carbocycles. The van der Waals surface area contributed by atoms with Crippen LogP contribution in [-0.4, -0.2) is 37.2 Å². The molecule has 0 aromatic heterocycles. The Labute approximate surface area is 478 Å². The van der Waals surface area contributed by atoms with E-state index in [-0.39, 0.29) is 31.1 Å². The number of esters is 3. The molecule has 0 radical (unpaired) electrons. The Morgan fingerprint density at radius 3 is 0.805 bits per heavy atom. The zero-order valence-electron chi connectivity index (χ0n) is 51.2. The summed E-state index contributed by atoms with van der Waals surface area (Å²) in [6.07, 6.45) is 84.9. The van der Waals surface area contributed by atoms with Crippen molar-refractivity contribution < 1.29 is 28.6 Å². The van der Waals surface area contributed by atoms with E-state index in [1.54, 1.807) is 0 Å². The summed E-state index contributed by atoms with van der Waals surface area (Å²) in [5.41, 5.74) is 0. The maximum Gasteiger partial charge on any atom is 0.306 e. The standard InChI is InChI=1S/C71H126O6/c1-4-7-10-13-16-19-22-25-27-29-30-31-32-33-34-35-36-37-38-39-40-42-43-46-49-52-55-58-61-64-70(73)76-67-68(66-75-69(72)63-60-57-54-51-48-45-24-21-18-15-12-9-6-3)77-71(74)65-62-59-56-53-50-47-44-41-28-26-23-20-17-14-11-8-5-2/h7,10,16,19,25-28,30-31,33-34,68H,4-6,8-9,11-15,17-18,20-24,29,32,35-67H2,1-3H3/b10-7-,19-16-,27-25-,28-26-,31-30-,34-33-. The van der Waals surface area contributed by atoms with Crippen molar-refractivity contribution in [3.63, 3.8) is 0 Å². The van der Waals surface area contributed by atoms with Crippen molar-refractivity contribution >= 4 is 17.9 Å². The first kappa shape index (κ1) is 73.8. The van der Waals surface area contributed by atoms with Crippen molar-refractivity contribution in [2.24, 2.45) is 0 Å². The van der Waals surface area contributed by atoms with Crippen LogP contribution in [0.1, 0.15) is 342 Å². The summed E-state index contributed by atoms with van der Waals surface area (Å²) < 4.78 is 16.9. The van der Waals surface area contributed by atoms with E-state index in [0.29, 0.717) is 19.3 Å². The molecule has 0 saturated carbocycles. The Kier molecular flexibility index (Phi) is 62.7. The third-order valence-corrected chi connectivity index (χ3v) is 14.7. The molecule has 0 aliphatic rings. The van der Waals surface area contributed by atoms with Crippen LogP contribution in [0.15, 0.2) is 72.9 Å². The molecule has 0 heterocycles. The highest BCUT2D eigenvalue weighted by atomic mass is 16.6. The summed E-state index contributed by atoms with van der Waals surface area (Å²) >= 11 is 0. The number of unbranched alkanes of at least 4 members (excludes halogenated alkanes) is 38. The average molecular weight is 1080 g/mol. The van der Waals surface area contributed by atoms with Crippen LogP contribution in [0.2, 0.25) is 0 Å². The second kappa shape index (κ2) is 65.4. The number of carbonyl (C=O) groups is 3. The van der Waals surface area contributed by atoms with Crippen molar-refractivity contribution in [1.29, 1.82) is 0 Å². The summed E-state index contributed by atoms with van der Waals surface area (Å²) in [4.78, 5) is 38.3. The maximum atomic E-state index is 12.9.